The lowest BCUT2D eigenvalue weighted by atomic mass is 10.2. The first kappa shape index (κ1) is 26.7. The Hall–Kier alpha value is -0.320. The standard InChI is InChI=1S/C19H44N3O5/c1-15(23)10-21(11-16(2)24)8-6-20-7-9-22(12-17(3)25,13-18(4)26)14-19(5)27/h15-20,23-27H,6-14H2,1-5H3/q+1. The van der Waals surface area contributed by atoms with E-state index in [9.17, 15) is 25.5 Å². The molecule has 0 fully saturated rings. The first-order chi connectivity index (χ1) is 12.5. The Morgan fingerprint density at radius 2 is 1.07 bits per heavy atom. The van der Waals surface area contributed by atoms with E-state index in [-0.39, 0.29) is 0 Å². The van der Waals surface area contributed by atoms with Crippen molar-refractivity contribution in [3.8, 4) is 0 Å². The van der Waals surface area contributed by atoms with Gasteiger partial charge in [-0.25, -0.2) is 0 Å². The van der Waals surface area contributed by atoms with E-state index in [0.29, 0.717) is 63.4 Å². The van der Waals surface area contributed by atoms with E-state index < -0.39 is 30.5 Å². The van der Waals surface area contributed by atoms with Crippen LogP contribution < -0.4 is 5.32 Å². The number of nitrogens with one attached hydrogen (secondary N) is 1. The fourth-order valence-electron chi connectivity index (χ4n) is 3.86. The van der Waals surface area contributed by atoms with Crippen LogP contribution in [0.15, 0.2) is 0 Å². The molecule has 0 aromatic rings. The Balaban J connectivity index is 4.63. The maximum atomic E-state index is 9.90. The molecule has 5 atom stereocenters. The van der Waals surface area contributed by atoms with Gasteiger partial charge < -0.3 is 35.3 Å². The monoisotopic (exact) mass is 394 g/mol. The lowest BCUT2D eigenvalue weighted by molar-refractivity contribution is -0.934. The van der Waals surface area contributed by atoms with E-state index in [4.69, 9.17) is 0 Å². The molecule has 0 radical (unpaired) electrons. The second-order valence-electron chi connectivity index (χ2n) is 8.37. The maximum absolute atomic E-state index is 9.90. The summed E-state index contributed by atoms with van der Waals surface area (Å²) in [6.07, 6.45) is -2.45. The van der Waals surface area contributed by atoms with Gasteiger partial charge in [-0.1, -0.05) is 0 Å². The molecule has 0 aromatic carbocycles. The third-order valence-electron chi connectivity index (χ3n) is 4.37. The summed E-state index contributed by atoms with van der Waals surface area (Å²) >= 11 is 0. The second-order valence-corrected chi connectivity index (χ2v) is 8.37. The first-order valence-corrected chi connectivity index (χ1v) is 10.1. The first-order valence-electron chi connectivity index (χ1n) is 10.1. The van der Waals surface area contributed by atoms with Crippen LogP contribution in [-0.2, 0) is 0 Å². The van der Waals surface area contributed by atoms with Gasteiger partial charge in [0.2, 0.25) is 0 Å². The van der Waals surface area contributed by atoms with Crippen molar-refractivity contribution in [1.29, 1.82) is 0 Å². The van der Waals surface area contributed by atoms with Crippen molar-refractivity contribution in [2.24, 2.45) is 0 Å². The number of hydrogen-bond donors (Lipinski definition) is 6. The molecule has 8 nitrogen and oxygen atoms in total. The van der Waals surface area contributed by atoms with E-state index in [2.05, 4.69) is 5.32 Å². The Bertz CT molecular complexity index is 329. The number of rotatable bonds is 16. The van der Waals surface area contributed by atoms with E-state index >= 15 is 0 Å². The van der Waals surface area contributed by atoms with Gasteiger partial charge in [-0.3, -0.25) is 4.90 Å². The van der Waals surface area contributed by atoms with Crippen molar-refractivity contribution in [2.45, 2.75) is 65.1 Å². The molecular weight excluding hydrogens is 350 g/mol. The predicted octanol–water partition coefficient (Wildman–Crippen LogP) is -1.40. The van der Waals surface area contributed by atoms with E-state index in [1.165, 1.54) is 0 Å². The highest BCUT2D eigenvalue weighted by Gasteiger charge is 2.32. The van der Waals surface area contributed by atoms with Gasteiger partial charge in [0.15, 0.2) is 0 Å². The molecule has 0 aliphatic heterocycles. The van der Waals surface area contributed by atoms with Crippen LogP contribution in [-0.4, -0.2) is 124 Å². The molecule has 0 aromatic heterocycles. The molecule has 0 amide bonds. The molecule has 0 saturated carbocycles. The van der Waals surface area contributed by atoms with Crippen LogP contribution in [0.2, 0.25) is 0 Å². The van der Waals surface area contributed by atoms with Gasteiger partial charge in [-0.15, -0.1) is 0 Å². The quantitative estimate of drug-likeness (QED) is 0.141. The minimum Gasteiger partial charge on any atom is -0.392 e. The average molecular weight is 395 g/mol. The third kappa shape index (κ3) is 14.3. The van der Waals surface area contributed by atoms with Crippen molar-refractivity contribution in [2.75, 3.05) is 58.9 Å². The van der Waals surface area contributed by atoms with E-state index in [1.54, 1.807) is 34.6 Å². The van der Waals surface area contributed by atoms with Gasteiger partial charge >= 0.3 is 0 Å². The van der Waals surface area contributed by atoms with Gasteiger partial charge in [0, 0.05) is 32.7 Å². The number of nitrogens with zero attached hydrogens (tertiary/aromatic N) is 2. The number of quaternary nitrogens is 1. The Morgan fingerprint density at radius 1 is 0.667 bits per heavy atom. The molecule has 0 rings (SSSR count). The van der Waals surface area contributed by atoms with Gasteiger partial charge in [-0.05, 0) is 34.6 Å². The van der Waals surface area contributed by atoms with Crippen molar-refractivity contribution in [3.05, 3.63) is 0 Å². The lowest BCUT2D eigenvalue weighted by Gasteiger charge is -2.41. The number of aliphatic hydroxyl groups excluding tert-OH is 5. The Morgan fingerprint density at radius 3 is 1.41 bits per heavy atom. The molecule has 5 unspecified atom stereocenters. The number of hydrogen-bond acceptors (Lipinski definition) is 7. The van der Waals surface area contributed by atoms with Crippen molar-refractivity contribution in [1.82, 2.24) is 10.2 Å². The highest BCUT2D eigenvalue weighted by atomic mass is 16.3. The lowest BCUT2D eigenvalue weighted by Crippen LogP contribution is -2.60. The van der Waals surface area contributed by atoms with Crippen molar-refractivity contribution in [3.63, 3.8) is 0 Å². The Labute approximate surface area is 165 Å². The molecule has 0 aliphatic carbocycles. The van der Waals surface area contributed by atoms with Crippen LogP contribution in [0.1, 0.15) is 34.6 Å². The summed E-state index contributed by atoms with van der Waals surface area (Å²) in [6.45, 7) is 13.9. The fourth-order valence-corrected chi connectivity index (χ4v) is 3.86. The van der Waals surface area contributed by atoms with Gasteiger partial charge in [0.25, 0.3) is 0 Å². The normalized spacial score (nSPS) is 20.1. The average Bonchev–Trinajstić information content (AvgIpc) is 2.42. The summed E-state index contributed by atoms with van der Waals surface area (Å²) in [7, 11) is 0. The summed E-state index contributed by atoms with van der Waals surface area (Å²) in [4.78, 5) is 2.02. The molecule has 27 heavy (non-hydrogen) atoms. The summed E-state index contributed by atoms with van der Waals surface area (Å²) in [5.41, 5.74) is 0. The molecular formula is C19H44N3O5+. The second kappa shape index (κ2) is 13.8. The zero-order valence-corrected chi connectivity index (χ0v) is 17.9. The third-order valence-corrected chi connectivity index (χ3v) is 4.37. The highest BCUT2D eigenvalue weighted by molar-refractivity contribution is 4.66. The predicted molar refractivity (Wildman–Crippen MR) is 107 cm³/mol. The summed E-state index contributed by atoms with van der Waals surface area (Å²) in [5, 5.41) is 52.2. The van der Waals surface area contributed by atoms with Crippen molar-refractivity contribution >= 4 is 0 Å². The zero-order valence-electron chi connectivity index (χ0n) is 17.9. The van der Waals surface area contributed by atoms with Gasteiger partial charge in [-0.2, -0.15) is 0 Å². The molecule has 0 saturated heterocycles. The zero-order chi connectivity index (χ0) is 21.0. The smallest absolute Gasteiger partial charge is 0.105 e. The highest BCUT2D eigenvalue weighted by Crippen LogP contribution is 2.12. The van der Waals surface area contributed by atoms with Crippen LogP contribution in [0.3, 0.4) is 0 Å². The summed E-state index contributed by atoms with van der Waals surface area (Å²) < 4.78 is 0.449. The van der Waals surface area contributed by atoms with Gasteiger partial charge in [0.05, 0.1) is 18.8 Å². The fraction of sp³-hybridized carbons (Fsp3) is 1.00. The molecule has 0 bridgehead atoms. The number of aliphatic hydroxyl groups is 5. The maximum Gasteiger partial charge on any atom is 0.105 e. The van der Waals surface area contributed by atoms with E-state index in [1.807, 2.05) is 4.90 Å². The van der Waals surface area contributed by atoms with E-state index in [0.717, 1.165) is 0 Å². The molecule has 0 spiro atoms. The van der Waals surface area contributed by atoms with Crippen LogP contribution in [0.5, 0.6) is 0 Å². The van der Waals surface area contributed by atoms with Crippen LogP contribution in [0.4, 0.5) is 0 Å². The van der Waals surface area contributed by atoms with Crippen molar-refractivity contribution < 1.29 is 30.0 Å². The molecule has 0 aliphatic rings. The molecule has 8 heteroatoms. The van der Waals surface area contributed by atoms with Gasteiger partial charge in [0.1, 0.15) is 37.9 Å². The van der Waals surface area contributed by atoms with Crippen LogP contribution in [0, 0.1) is 0 Å². The minimum atomic E-state index is -0.518. The topological polar surface area (TPSA) is 116 Å². The van der Waals surface area contributed by atoms with Crippen LogP contribution in [0.25, 0.3) is 0 Å². The SMILES string of the molecule is CC(O)CN(CCNCC[N+](CC(C)O)(CC(C)O)CC(C)O)CC(C)O. The summed E-state index contributed by atoms with van der Waals surface area (Å²) in [5.74, 6) is 0. The molecule has 0 heterocycles. The summed E-state index contributed by atoms with van der Waals surface area (Å²) in [6, 6.07) is 0. The molecule has 6 N–H and O–H groups in total. The minimum absolute atomic E-state index is 0.448. The van der Waals surface area contributed by atoms with Crippen LogP contribution >= 0.6 is 0 Å². The molecule has 164 valence electrons. The largest absolute Gasteiger partial charge is 0.392 e. The Kier molecular flexibility index (Phi) is 13.6.